The smallest absolute Gasteiger partial charge is 0.310 e. The Morgan fingerprint density at radius 3 is 2.71 bits per heavy atom. The summed E-state index contributed by atoms with van der Waals surface area (Å²) in [7, 11) is 1.39. The summed E-state index contributed by atoms with van der Waals surface area (Å²) >= 11 is 0.656. The van der Waals surface area contributed by atoms with Crippen molar-refractivity contribution in [1.29, 1.82) is 0 Å². The second-order valence-electron chi connectivity index (χ2n) is 0.682. The number of amides is 1. The van der Waals surface area contributed by atoms with Crippen molar-refractivity contribution in [3.8, 4) is 0 Å². The van der Waals surface area contributed by atoms with E-state index in [0.29, 0.717) is 12.0 Å². The number of rotatable bonds is 1. The summed E-state index contributed by atoms with van der Waals surface area (Å²) in [5.41, 5.74) is 1.86. The van der Waals surface area contributed by atoms with E-state index < -0.39 is 5.24 Å². The van der Waals surface area contributed by atoms with Crippen LogP contribution >= 0.6 is 12.0 Å². The highest BCUT2D eigenvalue weighted by molar-refractivity contribution is 8.09. The lowest BCUT2D eigenvalue weighted by molar-refractivity contribution is 0.259. The molecule has 7 heavy (non-hydrogen) atoms. The van der Waals surface area contributed by atoms with Crippen LogP contribution in [0.4, 0.5) is 4.79 Å². The fourth-order valence-electron chi connectivity index (χ4n) is 0.0997. The van der Waals surface area contributed by atoms with Crippen LogP contribution in [0, 0.1) is 0 Å². The van der Waals surface area contributed by atoms with Gasteiger partial charge in [0.25, 0.3) is 0 Å². The molecule has 1 amide bonds. The van der Waals surface area contributed by atoms with Gasteiger partial charge < -0.3 is 4.18 Å². The molecule has 0 aromatic heterocycles. The molecule has 0 aliphatic rings. The Labute approximate surface area is 45.6 Å². The molecule has 0 saturated heterocycles. The van der Waals surface area contributed by atoms with Crippen molar-refractivity contribution in [3.05, 3.63) is 0 Å². The molecule has 0 radical (unpaired) electrons. The molecule has 0 fully saturated rings. The van der Waals surface area contributed by atoms with Gasteiger partial charge in [0.1, 0.15) is 0 Å². The third-order valence-electron chi connectivity index (χ3n) is 0.277. The van der Waals surface area contributed by atoms with Crippen molar-refractivity contribution in [2.24, 2.45) is 5.84 Å². The van der Waals surface area contributed by atoms with Gasteiger partial charge in [-0.2, -0.15) is 0 Å². The van der Waals surface area contributed by atoms with Crippen molar-refractivity contribution >= 4 is 17.3 Å². The van der Waals surface area contributed by atoms with Gasteiger partial charge in [-0.15, -0.1) is 0 Å². The van der Waals surface area contributed by atoms with Crippen molar-refractivity contribution in [1.82, 2.24) is 5.43 Å². The van der Waals surface area contributed by atoms with Crippen LogP contribution < -0.4 is 11.3 Å². The molecule has 0 unspecified atom stereocenters. The Bertz CT molecular complexity index is 66.7. The third-order valence-corrected chi connectivity index (χ3v) is 0.713. The molecule has 0 aliphatic carbocycles. The largest absolute Gasteiger partial charge is 0.320 e. The fraction of sp³-hybridized carbons (Fsp3) is 0.500. The molecule has 0 spiro atoms. The molecule has 3 N–H and O–H groups in total. The number of hydrazine groups is 1. The van der Waals surface area contributed by atoms with E-state index in [1.165, 1.54) is 7.11 Å². The lowest BCUT2D eigenvalue weighted by atomic mass is 11.4. The van der Waals surface area contributed by atoms with Gasteiger partial charge in [-0.1, -0.05) is 0 Å². The molecule has 4 nitrogen and oxygen atoms in total. The highest BCUT2D eigenvalue weighted by atomic mass is 32.2. The van der Waals surface area contributed by atoms with Crippen LogP contribution in [0.1, 0.15) is 0 Å². The maximum absolute atomic E-state index is 10.0. The topological polar surface area (TPSA) is 64.3 Å². The second kappa shape index (κ2) is 3.91. The Morgan fingerprint density at radius 1 is 2.00 bits per heavy atom. The van der Waals surface area contributed by atoms with Crippen LogP contribution in [-0.4, -0.2) is 12.3 Å². The van der Waals surface area contributed by atoms with Gasteiger partial charge >= 0.3 is 5.24 Å². The Morgan fingerprint density at radius 2 is 2.57 bits per heavy atom. The maximum atomic E-state index is 10.0. The van der Waals surface area contributed by atoms with E-state index >= 15 is 0 Å². The van der Waals surface area contributed by atoms with Crippen LogP contribution in [0.2, 0.25) is 0 Å². The van der Waals surface area contributed by atoms with Gasteiger partial charge in [0.05, 0.1) is 19.2 Å². The monoisotopic (exact) mass is 122 g/mol. The van der Waals surface area contributed by atoms with Gasteiger partial charge in [-0.3, -0.25) is 10.2 Å². The summed E-state index contributed by atoms with van der Waals surface area (Å²) in [6.07, 6.45) is 0. The van der Waals surface area contributed by atoms with E-state index in [1.807, 2.05) is 5.43 Å². The SMILES string of the molecule is COSC(=O)NN. The summed E-state index contributed by atoms with van der Waals surface area (Å²) < 4.78 is 4.32. The molecular formula is C2H6N2O2S. The highest BCUT2D eigenvalue weighted by Gasteiger charge is 1.93. The van der Waals surface area contributed by atoms with Gasteiger partial charge in [0, 0.05) is 0 Å². The molecule has 42 valence electrons. The molecule has 0 saturated carbocycles. The first-order valence-corrected chi connectivity index (χ1v) is 2.26. The number of hydrogen-bond donors (Lipinski definition) is 2. The molecule has 0 aliphatic heterocycles. The zero-order valence-corrected chi connectivity index (χ0v) is 4.62. The predicted octanol–water partition coefficient (Wildman–Crippen LogP) is -0.136. The molecule has 0 atom stereocenters. The third kappa shape index (κ3) is 3.57. The first kappa shape index (κ1) is 6.74. The summed E-state index contributed by atoms with van der Waals surface area (Å²) in [5, 5.41) is -0.400. The van der Waals surface area contributed by atoms with Gasteiger partial charge in [-0.05, 0) is 0 Å². The van der Waals surface area contributed by atoms with E-state index in [-0.39, 0.29) is 0 Å². The van der Waals surface area contributed by atoms with Crippen LogP contribution in [0.5, 0.6) is 0 Å². The minimum atomic E-state index is -0.400. The van der Waals surface area contributed by atoms with E-state index in [1.54, 1.807) is 0 Å². The minimum absolute atomic E-state index is 0.400. The van der Waals surface area contributed by atoms with Crippen molar-refractivity contribution in [2.75, 3.05) is 7.11 Å². The molecule has 0 aromatic carbocycles. The lowest BCUT2D eigenvalue weighted by Gasteiger charge is -1.90. The lowest BCUT2D eigenvalue weighted by Crippen LogP contribution is -2.25. The zero-order valence-electron chi connectivity index (χ0n) is 3.80. The van der Waals surface area contributed by atoms with Crippen LogP contribution in [0.25, 0.3) is 0 Å². The van der Waals surface area contributed by atoms with Gasteiger partial charge in [0.15, 0.2) is 0 Å². The van der Waals surface area contributed by atoms with Crippen molar-refractivity contribution < 1.29 is 8.98 Å². The zero-order chi connectivity index (χ0) is 5.70. The average molecular weight is 122 g/mol. The van der Waals surface area contributed by atoms with E-state index in [0.717, 1.165) is 0 Å². The van der Waals surface area contributed by atoms with E-state index in [2.05, 4.69) is 10.0 Å². The summed E-state index contributed by atoms with van der Waals surface area (Å²) in [5.74, 6) is 4.66. The predicted molar refractivity (Wildman–Crippen MR) is 27.3 cm³/mol. The quantitative estimate of drug-likeness (QED) is 0.220. The summed E-state index contributed by atoms with van der Waals surface area (Å²) in [6, 6.07) is 0. The Hall–Kier alpha value is -0.260. The van der Waals surface area contributed by atoms with Gasteiger partial charge in [-0.25, -0.2) is 5.84 Å². The Kier molecular flexibility index (Phi) is 3.77. The second-order valence-corrected chi connectivity index (χ2v) is 1.55. The van der Waals surface area contributed by atoms with Crippen LogP contribution in [0.3, 0.4) is 0 Å². The minimum Gasteiger partial charge on any atom is -0.310 e. The number of hydrogen-bond acceptors (Lipinski definition) is 4. The Balaban J connectivity index is 3.00. The van der Waals surface area contributed by atoms with E-state index in [9.17, 15) is 4.79 Å². The first-order valence-electron chi connectivity index (χ1n) is 1.52. The first-order chi connectivity index (χ1) is 3.31. The van der Waals surface area contributed by atoms with Crippen molar-refractivity contribution in [2.45, 2.75) is 0 Å². The molecule has 5 heteroatoms. The number of nitrogens with two attached hydrogens (primary N) is 1. The molecule has 0 aromatic rings. The standard InChI is InChI=1S/C2H6N2O2S/c1-6-7-2(5)4-3/h3H2,1H3,(H,4,5). The van der Waals surface area contributed by atoms with Gasteiger partial charge in [0.2, 0.25) is 0 Å². The number of nitrogens with one attached hydrogen (secondary N) is 1. The van der Waals surface area contributed by atoms with E-state index in [4.69, 9.17) is 0 Å². The van der Waals surface area contributed by atoms with Crippen LogP contribution in [-0.2, 0) is 4.18 Å². The molecule has 0 bridgehead atoms. The van der Waals surface area contributed by atoms with Crippen molar-refractivity contribution in [3.63, 3.8) is 0 Å². The summed E-state index contributed by atoms with van der Waals surface area (Å²) in [4.78, 5) is 10.0. The highest BCUT2D eigenvalue weighted by Crippen LogP contribution is 1.97. The molecular weight excluding hydrogens is 116 g/mol. The summed E-state index contributed by atoms with van der Waals surface area (Å²) in [6.45, 7) is 0. The molecule has 0 heterocycles. The fourth-order valence-corrected chi connectivity index (χ4v) is 0.299. The normalized spacial score (nSPS) is 8.29. The number of carbonyl (C=O) groups is 1. The molecule has 0 rings (SSSR count). The van der Waals surface area contributed by atoms with Crippen LogP contribution in [0.15, 0.2) is 0 Å². The maximum Gasteiger partial charge on any atom is 0.320 e. The average Bonchev–Trinajstić information content (AvgIpc) is 1.68. The number of carbonyl (C=O) groups excluding carboxylic acids is 1.